The molecule has 1 atom stereocenters. The highest BCUT2D eigenvalue weighted by Crippen LogP contribution is 2.28. The number of carbonyl (C=O) groups is 2. The van der Waals surface area contributed by atoms with Crippen LogP contribution in [0.1, 0.15) is 40.3 Å². The summed E-state index contributed by atoms with van der Waals surface area (Å²) in [7, 11) is 4.71. The second-order valence-corrected chi connectivity index (χ2v) is 8.75. The number of hydrogen-bond donors (Lipinski definition) is 0. The molecule has 0 radical (unpaired) electrons. The predicted molar refractivity (Wildman–Crippen MR) is 133 cm³/mol. The molecule has 1 aliphatic heterocycles. The summed E-state index contributed by atoms with van der Waals surface area (Å²) in [6, 6.07) is 12.0. The van der Waals surface area contributed by atoms with Gasteiger partial charge >= 0.3 is 0 Å². The SMILES string of the molecule is COc1ccccc1CC(=O)N1CCc2c(C(=O)N(C)[C@H](C)c3ccco3)c(OC)cc(=O)n2CC1. The van der Waals surface area contributed by atoms with Crippen LogP contribution in [0.2, 0.25) is 0 Å². The predicted octanol–water partition coefficient (Wildman–Crippen LogP) is 2.92. The molecule has 0 saturated heterocycles. The molecule has 1 aliphatic rings. The fourth-order valence-electron chi connectivity index (χ4n) is 4.59. The molecule has 9 nitrogen and oxygen atoms in total. The molecule has 1 aromatic carbocycles. The molecule has 4 rings (SSSR count). The van der Waals surface area contributed by atoms with E-state index in [1.165, 1.54) is 13.2 Å². The van der Waals surface area contributed by atoms with Crippen molar-refractivity contribution in [2.45, 2.75) is 32.4 Å². The summed E-state index contributed by atoms with van der Waals surface area (Å²) in [5.74, 6) is 1.18. The van der Waals surface area contributed by atoms with Crippen LogP contribution in [0.25, 0.3) is 0 Å². The van der Waals surface area contributed by atoms with Gasteiger partial charge in [0, 0.05) is 50.4 Å². The lowest BCUT2D eigenvalue weighted by Gasteiger charge is -2.26. The lowest BCUT2D eigenvalue weighted by atomic mass is 10.1. The molecule has 9 heteroatoms. The molecule has 3 aromatic rings. The van der Waals surface area contributed by atoms with E-state index in [0.29, 0.717) is 42.3 Å². The third-order valence-electron chi connectivity index (χ3n) is 6.77. The van der Waals surface area contributed by atoms with Gasteiger partial charge in [-0.15, -0.1) is 0 Å². The third-order valence-corrected chi connectivity index (χ3v) is 6.77. The maximum atomic E-state index is 13.7. The van der Waals surface area contributed by atoms with Gasteiger partial charge in [-0.1, -0.05) is 18.2 Å². The maximum Gasteiger partial charge on any atom is 0.259 e. The summed E-state index contributed by atoms with van der Waals surface area (Å²) in [6.07, 6.45) is 2.09. The Morgan fingerprint density at radius 1 is 1.06 bits per heavy atom. The molecule has 2 aromatic heterocycles. The van der Waals surface area contributed by atoms with Crippen LogP contribution in [-0.4, -0.2) is 60.5 Å². The van der Waals surface area contributed by atoms with E-state index < -0.39 is 0 Å². The Kier molecular flexibility index (Phi) is 7.47. The Bertz CT molecular complexity index is 1300. The van der Waals surface area contributed by atoms with Crippen LogP contribution in [0.5, 0.6) is 11.5 Å². The zero-order chi connectivity index (χ0) is 25.8. The van der Waals surface area contributed by atoms with E-state index in [9.17, 15) is 14.4 Å². The number of amides is 2. The summed E-state index contributed by atoms with van der Waals surface area (Å²) < 4.78 is 17.9. The van der Waals surface area contributed by atoms with Gasteiger partial charge < -0.3 is 28.3 Å². The highest BCUT2D eigenvalue weighted by atomic mass is 16.5. The highest BCUT2D eigenvalue weighted by Gasteiger charge is 2.30. The summed E-state index contributed by atoms with van der Waals surface area (Å²) in [6.45, 7) is 2.89. The molecule has 190 valence electrons. The van der Waals surface area contributed by atoms with Gasteiger partial charge in [0.1, 0.15) is 22.8 Å². The van der Waals surface area contributed by atoms with Crippen LogP contribution in [0, 0.1) is 0 Å². The highest BCUT2D eigenvalue weighted by molar-refractivity contribution is 5.98. The van der Waals surface area contributed by atoms with Crippen molar-refractivity contribution in [1.82, 2.24) is 14.4 Å². The molecule has 0 N–H and O–H groups in total. The molecule has 0 aliphatic carbocycles. The second kappa shape index (κ2) is 10.7. The van der Waals surface area contributed by atoms with Crippen LogP contribution in [-0.2, 0) is 24.2 Å². The number of fused-ring (bicyclic) bond motifs is 1. The van der Waals surface area contributed by atoms with E-state index >= 15 is 0 Å². The molecule has 0 bridgehead atoms. The summed E-state index contributed by atoms with van der Waals surface area (Å²) in [4.78, 5) is 43.1. The Morgan fingerprint density at radius 2 is 1.81 bits per heavy atom. The number of benzene rings is 1. The monoisotopic (exact) mass is 493 g/mol. The van der Waals surface area contributed by atoms with Crippen molar-refractivity contribution < 1.29 is 23.5 Å². The van der Waals surface area contributed by atoms with Crippen LogP contribution >= 0.6 is 0 Å². The first-order valence-corrected chi connectivity index (χ1v) is 11.9. The average molecular weight is 494 g/mol. The van der Waals surface area contributed by atoms with Gasteiger partial charge in [-0.3, -0.25) is 14.4 Å². The van der Waals surface area contributed by atoms with E-state index in [1.54, 1.807) is 40.9 Å². The van der Waals surface area contributed by atoms with Gasteiger partial charge in [-0.2, -0.15) is 0 Å². The van der Waals surface area contributed by atoms with Gasteiger partial charge in [0.25, 0.3) is 11.5 Å². The molecule has 0 unspecified atom stereocenters. The minimum absolute atomic E-state index is 0.0660. The number of nitrogens with zero attached hydrogens (tertiary/aromatic N) is 3. The summed E-state index contributed by atoms with van der Waals surface area (Å²) >= 11 is 0. The molecule has 36 heavy (non-hydrogen) atoms. The number of aromatic nitrogens is 1. The number of pyridine rings is 1. The summed E-state index contributed by atoms with van der Waals surface area (Å²) in [5, 5.41) is 0. The number of methoxy groups -OCH3 is 2. The third kappa shape index (κ3) is 4.86. The van der Waals surface area contributed by atoms with E-state index in [0.717, 1.165) is 5.56 Å². The van der Waals surface area contributed by atoms with Gasteiger partial charge in [0.2, 0.25) is 5.91 Å². The first-order valence-electron chi connectivity index (χ1n) is 11.9. The van der Waals surface area contributed by atoms with Crippen molar-refractivity contribution in [3.05, 3.63) is 81.7 Å². The largest absolute Gasteiger partial charge is 0.496 e. The van der Waals surface area contributed by atoms with E-state index in [4.69, 9.17) is 13.9 Å². The zero-order valence-electron chi connectivity index (χ0n) is 21.0. The first-order chi connectivity index (χ1) is 17.3. The number of carbonyl (C=O) groups excluding carboxylic acids is 2. The molecule has 0 fully saturated rings. The van der Waals surface area contributed by atoms with E-state index in [2.05, 4.69) is 0 Å². The quantitative estimate of drug-likeness (QED) is 0.502. The van der Waals surface area contributed by atoms with Crippen molar-refractivity contribution in [2.24, 2.45) is 0 Å². The van der Waals surface area contributed by atoms with E-state index in [-0.39, 0.29) is 42.1 Å². The van der Waals surface area contributed by atoms with Crippen LogP contribution < -0.4 is 15.0 Å². The van der Waals surface area contributed by atoms with Gasteiger partial charge in [0.15, 0.2) is 0 Å². The molecular formula is C27H31N3O6. The van der Waals surface area contributed by atoms with Crippen molar-refractivity contribution >= 4 is 11.8 Å². The molecule has 0 saturated carbocycles. The maximum absolute atomic E-state index is 13.7. The van der Waals surface area contributed by atoms with Crippen molar-refractivity contribution in [3.63, 3.8) is 0 Å². The molecular weight excluding hydrogens is 462 g/mol. The average Bonchev–Trinajstić information content (AvgIpc) is 3.34. The Labute approximate surface area is 209 Å². The van der Waals surface area contributed by atoms with Gasteiger partial charge in [-0.25, -0.2) is 0 Å². The van der Waals surface area contributed by atoms with Crippen LogP contribution in [0.3, 0.4) is 0 Å². The number of ether oxygens (including phenoxy) is 2. The van der Waals surface area contributed by atoms with Crippen LogP contribution in [0.4, 0.5) is 0 Å². The summed E-state index contributed by atoms with van der Waals surface area (Å²) in [5.41, 5.74) is 1.43. The fraction of sp³-hybridized carbons (Fsp3) is 0.370. The van der Waals surface area contributed by atoms with Gasteiger partial charge in [-0.05, 0) is 25.1 Å². The minimum Gasteiger partial charge on any atom is -0.496 e. The zero-order valence-corrected chi connectivity index (χ0v) is 21.0. The Morgan fingerprint density at radius 3 is 2.50 bits per heavy atom. The van der Waals surface area contributed by atoms with E-state index in [1.807, 2.05) is 37.3 Å². The van der Waals surface area contributed by atoms with Gasteiger partial charge in [0.05, 0.1) is 32.9 Å². The number of para-hydroxylation sites is 1. The Hall–Kier alpha value is -4.01. The topological polar surface area (TPSA) is 94.2 Å². The molecule has 2 amide bonds. The number of hydrogen-bond acceptors (Lipinski definition) is 6. The lowest BCUT2D eigenvalue weighted by Crippen LogP contribution is -2.35. The standard InChI is InChI=1S/C27H31N3O6/c1-18(21-10-7-15-36-21)28(2)27(33)26-20-11-12-29(13-14-30(20)25(32)17-23(26)35-4)24(31)16-19-8-5-6-9-22(19)34-3/h5-10,15,17-18H,11-14,16H2,1-4H3/t18-/m1/s1. The van der Waals surface area contributed by atoms with Crippen molar-refractivity contribution in [2.75, 3.05) is 34.4 Å². The first kappa shape index (κ1) is 25.1. The van der Waals surface area contributed by atoms with Crippen molar-refractivity contribution in [1.29, 1.82) is 0 Å². The normalized spacial score (nSPS) is 13.9. The number of furan rings is 1. The minimum atomic E-state index is -0.325. The fourth-order valence-corrected chi connectivity index (χ4v) is 4.59. The lowest BCUT2D eigenvalue weighted by molar-refractivity contribution is -0.130. The number of rotatable bonds is 7. The smallest absolute Gasteiger partial charge is 0.259 e. The van der Waals surface area contributed by atoms with Crippen LogP contribution in [0.15, 0.2) is 57.9 Å². The second-order valence-electron chi connectivity index (χ2n) is 8.75. The molecule has 3 heterocycles. The molecule has 0 spiro atoms. The van der Waals surface area contributed by atoms with Crippen molar-refractivity contribution in [3.8, 4) is 11.5 Å². The Balaban J connectivity index is 1.61.